The Bertz CT molecular complexity index is 78.5. The first kappa shape index (κ1) is 5.72. The molecule has 3 nitrogen and oxygen atoms in total. The Hall–Kier alpha value is -0.410. The zero-order valence-corrected chi connectivity index (χ0v) is 4.61. The number of carbonyl (C=O) groups excluding carboxylic acids is 1. The summed E-state index contributed by atoms with van der Waals surface area (Å²) < 4.78 is 0. The van der Waals surface area contributed by atoms with Crippen LogP contribution in [0.25, 0.3) is 0 Å². The van der Waals surface area contributed by atoms with Gasteiger partial charge in [0.05, 0.1) is 6.04 Å². The van der Waals surface area contributed by atoms with Crippen LogP contribution in [0.15, 0.2) is 0 Å². The number of hydrogen-bond acceptors (Lipinski definition) is 3. The minimum Gasteiger partial charge on any atom is -0.289 e. The highest BCUT2D eigenvalue weighted by molar-refractivity contribution is 5.58. The van der Waals surface area contributed by atoms with E-state index in [1.54, 1.807) is 0 Å². The molecule has 0 spiro atoms. The van der Waals surface area contributed by atoms with E-state index >= 15 is 0 Å². The second-order valence-corrected chi connectivity index (χ2v) is 1.88. The fourth-order valence-electron chi connectivity index (χ4n) is 0.751. The molecule has 0 aromatic rings. The molecule has 2 N–H and O–H groups in total. The molecule has 45 valence electrons. The largest absolute Gasteiger partial charge is 0.289 e. The molecule has 1 atom stereocenters. The van der Waals surface area contributed by atoms with Crippen molar-refractivity contribution in [1.29, 1.82) is 0 Å². The molecule has 1 heterocycles. The van der Waals surface area contributed by atoms with E-state index in [4.69, 9.17) is 0 Å². The van der Waals surface area contributed by atoms with Gasteiger partial charge in [-0.2, -0.15) is 0 Å². The lowest BCUT2D eigenvalue weighted by atomic mass is 10.1. The Kier molecular flexibility index (Phi) is 2.00. The number of rotatable bonds is 1. The molecule has 0 aromatic carbocycles. The summed E-state index contributed by atoms with van der Waals surface area (Å²) in [6.07, 6.45) is 3.86. The van der Waals surface area contributed by atoms with Gasteiger partial charge in [0.2, 0.25) is 6.29 Å². The van der Waals surface area contributed by atoms with Crippen LogP contribution in [0.2, 0.25) is 0 Å². The van der Waals surface area contributed by atoms with Crippen molar-refractivity contribution in [3.63, 3.8) is 0 Å². The summed E-state index contributed by atoms with van der Waals surface area (Å²) in [4.78, 5) is 9.93. The summed E-state index contributed by atoms with van der Waals surface area (Å²) in [5, 5.41) is 0. The lowest BCUT2D eigenvalue weighted by molar-refractivity contribution is 0.387. The van der Waals surface area contributed by atoms with Crippen molar-refractivity contribution in [2.75, 3.05) is 6.54 Å². The minimum absolute atomic E-state index is 0.0799. The lowest BCUT2D eigenvalue weighted by Gasteiger charge is -2.17. The topological polar surface area (TPSA) is 41.1 Å². The van der Waals surface area contributed by atoms with Gasteiger partial charge in [0.15, 0.2) is 0 Å². The zero-order chi connectivity index (χ0) is 5.82. The summed E-state index contributed by atoms with van der Waals surface area (Å²) in [5.41, 5.74) is 5.67. The molecule has 0 aromatic heterocycles. The molecule has 1 fully saturated rings. The van der Waals surface area contributed by atoms with Crippen LogP contribution < -0.4 is 10.9 Å². The second kappa shape index (κ2) is 2.79. The zero-order valence-electron chi connectivity index (χ0n) is 4.61. The average Bonchev–Trinajstić information content (AvgIpc) is 1.90. The highest BCUT2D eigenvalue weighted by atomic mass is 16.1. The summed E-state index contributed by atoms with van der Waals surface area (Å²) in [6, 6.07) is -0.0799. The Labute approximate surface area is 48.4 Å². The van der Waals surface area contributed by atoms with Crippen molar-refractivity contribution in [1.82, 2.24) is 10.9 Å². The van der Waals surface area contributed by atoms with E-state index in [-0.39, 0.29) is 6.04 Å². The van der Waals surface area contributed by atoms with Gasteiger partial charge >= 0.3 is 0 Å². The molecular weight excluding hydrogens is 104 g/mol. The molecule has 0 amide bonds. The van der Waals surface area contributed by atoms with E-state index in [0.717, 1.165) is 19.4 Å². The monoisotopic (exact) mass is 113 g/mol. The Morgan fingerprint density at radius 3 is 2.88 bits per heavy atom. The molecule has 1 rings (SSSR count). The van der Waals surface area contributed by atoms with E-state index in [1.807, 2.05) is 6.29 Å². The van der Waals surface area contributed by atoms with Gasteiger partial charge in [-0.25, -0.2) is 5.43 Å². The third-order valence-corrected chi connectivity index (χ3v) is 1.21. The summed E-state index contributed by atoms with van der Waals surface area (Å²) >= 11 is 0. The van der Waals surface area contributed by atoms with E-state index in [1.165, 1.54) is 0 Å². The van der Waals surface area contributed by atoms with Crippen molar-refractivity contribution in [2.45, 2.75) is 18.9 Å². The second-order valence-electron chi connectivity index (χ2n) is 1.88. The molecule has 1 aliphatic rings. The molecule has 0 bridgehead atoms. The van der Waals surface area contributed by atoms with Crippen LogP contribution in [0.4, 0.5) is 0 Å². The number of hydrazine groups is 1. The van der Waals surface area contributed by atoms with Crippen LogP contribution in [-0.2, 0) is 4.79 Å². The molecule has 0 saturated carbocycles. The van der Waals surface area contributed by atoms with Crippen molar-refractivity contribution < 1.29 is 4.79 Å². The van der Waals surface area contributed by atoms with Gasteiger partial charge in [0.1, 0.15) is 0 Å². The van der Waals surface area contributed by atoms with Gasteiger partial charge in [-0.15, -0.1) is 0 Å². The fraction of sp³-hybridized carbons (Fsp3) is 0.800. The predicted octanol–water partition coefficient (Wildman–Crippen LogP) is -0.647. The average molecular weight is 113 g/mol. The van der Waals surface area contributed by atoms with Crippen LogP contribution in [0, 0.1) is 0 Å². The van der Waals surface area contributed by atoms with Gasteiger partial charge < -0.3 is 0 Å². The standard InChI is InChI=1S/C5H9N2O/c8-4-5-2-1-3-6-7-5/h5-7H,1-3H2. The van der Waals surface area contributed by atoms with Gasteiger partial charge in [-0.3, -0.25) is 10.2 Å². The Morgan fingerprint density at radius 2 is 2.50 bits per heavy atom. The van der Waals surface area contributed by atoms with Gasteiger partial charge in [0.25, 0.3) is 0 Å². The van der Waals surface area contributed by atoms with Gasteiger partial charge in [-0.05, 0) is 12.8 Å². The van der Waals surface area contributed by atoms with Crippen LogP contribution in [-0.4, -0.2) is 18.9 Å². The van der Waals surface area contributed by atoms with Gasteiger partial charge in [0, 0.05) is 6.54 Å². The maximum atomic E-state index is 9.93. The Morgan fingerprint density at radius 1 is 1.62 bits per heavy atom. The van der Waals surface area contributed by atoms with Crippen molar-refractivity contribution in [2.24, 2.45) is 0 Å². The van der Waals surface area contributed by atoms with Gasteiger partial charge in [-0.1, -0.05) is 0 Å². The highest BCUT2D eigenvalue weighted by Gasteiger charge is 2.09. The predicted molar refractivity (Wildman–Crippen MR) is 29.9 cm³/mol. The first-order valence-electron chi connectivity index (χ1n) is 2.79. The maximum absolute atomic E-state index is 9.93. The third-order valence-electron chi connectivity index (χ3n) is 1.21. The number of hydrogen-bond donors (Lipinski definition) is 2. The van der Waals surface area contributed by atoms with Crippen molar-refractivity contribution >= 4 is 6.29 Å². The van der Waals surface area contributed by atoms with Crippen LogP contribution in [0.1, 0.15) is 12.8 Å². The SMILES string of the molecule is O=[C]C1CCCNN1. The van der Waals surface area contributed by atoms with Crippen LogP contribution >= 0.6 is 0 Å². The van der Waals surface area contributed by atoms with Crippen LogP contribution in [0.5, 0.6) is 0 Å². The van der Waals surface area contributed by atoms with Crippen LogP contribution in [0.3, 0.4) is 0 Å². The van der Waals surface area contributed by atoms with E-state index in [0.29, 0.717) is 0 Å². The summed E-state index contributed by atoms with van der Waals surface area (Å²) in [6.45, 7) is 0.957. The highest BCUT2D eigenvalue weighted by Crippen LogP contribution is 1.95. The molecule has 1 radical (unpaired) electrons. The van der Waals surface area contributed by atoms with Crippen molar-refractivity contribution in [3.05, 3.63) is 0 Å². The smallest absolute Gasteiger partial charge is 0.218 e. The quantitative estimate of drug-likeness (QED) is 0.475. The first-order valence-corrected chi connectivity index (χ1v) is 2.79. The van der Waals surface area contributed by atoms with Crippen molar-refractivity contribution in [3.8, 4) is 0 Å². The molecule has 1 aliphatic heterocycles. The minimum atomic E-state index is -0.0799. The molecule has 3 heteroatoms. The summed E-state index contributed by atoms with van der Waals surface area (Å²) in [5.74, 6) is 0. The molecular formula is C5H9N2O. The molecule has 0 aliphatic carbocycles. The third kappa shape index (κ3) is 1.28. The normalized spacial score (nSPS) is 29.8. The summed E-state index contributed by atoms with van der Waals surface area (Å²) in [7, 11) is 0. The fourth-order valence-corrected chi connectivity index (χ4v) is 0.751. The van der Waals surface area contributed by atoms with E-state index in [2.05, 4.69) is 10.9 Å². The Balaban J connectivity index is 2.22. The molecule has 8 heavy (non-hydrogen) atoms. The van der Waals surface area contributed by atoms with E-state index in [9.17, 15) is 4.79 Å². The maximum Gasteiger partial charge on any atom is 0.218 e. The van der Waals surface area contributed by atoms with E-state index < -0.39 is 0 Å². The molecule has 1 unspecified atom stereocenters. The first-order chi connectivity index (χ1) is 3.93. The molecule has 1 saturated heterocycles. The lowest BCUT2D eigenvalue weighted by Crippen LogP contribution is -2.46. The number of nitrogens with one attached hydrogen (secondary N) is 2.